The van der Waals surface area contributed by atoms with Gasteiger partial charge >= 0.3 is 0 Å². The minimum atomic E-state index is -0.0695. The van der Waals surface area contributed by atoms with E-state index in [1.165, 1.54) is 0 Å². The van der Waals surface area contributed by atoms with Gasteiger partial charge in [-0.05, 0) is 95.1 Å². The second kappa shape index (κ2) is 9.71. The molecule has 1 aromatic carbocycles. The van der Waals surface area contributed by atoms with Crippen molar-refractivity contribution in [3.8, 4) is 11.4 Å². The Hall–Kier alpha value is -2.61. The number of rotatable bonds is 7. The summed E-state index contributed by atoms with van der Waals surface area (Å²) in [5.74, 6) is 0.192. The van der Waals surface area contributed by atoms with Gasteiger partial charge in [0.1, 0.15) is 5.75 Å². The van der Waals surface area contributed by atoms with Crippen LogP contribution in [0.15, 0.2) is 48.7 Å². The number of thiocarbonyl (C=S) groups is 1. The predicted octanol–water partition coefficient (Wildman–Crippen LogP) is 4.77. The molecule has 3 heterocycles. The molecule has 0 radical (unpaired) electrons. The Morgan fingerprint density at radius 2 is 1.97 bits per heavy atom. The molecule has 1 saturated heterocycles. The predicted molar refractivity (Wildman–Crippen MR) is 137 cm³/mol. The van der Waals surface area contributed by atoms with Gasteiger partial charge in [-0.2, -0.15) is 0 Å². The Bertz CT molecular complexity index is 1150. The summed E-state index contributed by atoms with van der Waals surface area (Å²) in [5.41, 5.74) is 4.84. The molecule has 1 fully saturated rings. The third kappa shape index (κ3) is 4.71. The quantitative estimate of drug-likeness (QED) is 0.472. The Kier molecular flexibility index (Phi) is 6.93. The second-order valence-electron chi connectivity index (χ2n) is 8.77. The molecule has 0 spiro atoms. The summed E-state index contributed by atoms with van der Waals surface area (Å²) >= 11 is 12.1. The Labute approximate surface area is 205 Å². The lowest BCUT2D eigenvalue weighted by Crippen LogP contribution is -2.32. The minimum Gasteiger partial charge on any atom is -0.506 e. The first-order valence-electron chi connectivity index (χ1n) is 11.1. The van der Waals surface area contributed by atoms with Gasteiger partial charge in [0.25, 0.3) is 0 Å². The average molecular weight is 484 g/mol. The van der Waals surface area contributed by atoms with Crippen molar-refractivity contribution in [3.63, 3.8) is 0 Å². The highest BCUT2D eigenvalue weighted by Crippen LogP contribution is 2.42. The van der Waals surface area contributed by atoms with Crippen molar-refractivity contribution >= 4 is 28.9 Å². The van der Waals surface area contributed by atoms with Crippen LogP contribution in [0.4, 0.5) is 0 Å². The zero-order valence-corrected chi connectivity index (χ0v) is 21.0. The van der Waals surface area contributed by atoms with Crippen LogP contribution in [0, 0.1) is 13.8 Å². The molecular formula is C25H30ClN5OS. The number of aryl methyl sites for hydroxylation is 1. The number of pyridine rings is 1. The van der Waals surface area contributed by atoms with Gasteiger partial charge < -0.3 is 24.8 Å². The van der Waals surface area contributed by atoms with Crippen LogP contribution in [0.3, 0.4) is 0 Å². The zero-order chi connectivity index (χ0) is 23.7. The van der Waals surface area contributed by atoms with Gasteiger partial charge in [-0.15, -0.1) is 0 Å². The molecule has 0 unspecified atom stereocenters. The molecule has 0 bridgehead atoms. The van der Waals surface area contributed by atoms with Crippen molar-refractivity contribution in [2.24, 2.45) is 0 Å². The summed E-state index contributed by atoms with van der Waals surface area (Å²) in [4.78, 5) is 9.10. The maximum absolute atomic E-state index is 10.6. The Morgan fingerprint density at radius 1 is 1.18 bits per heavy atom. The molecular weight excluding hydrogens is 454 g/mol. The molecule has 2 N–H and O–H groups in total. The lowest BCUT2D eigenvalue weighted by Gasteiger charge is -2.28. The lowest BCUT2D eigenvalue weighted by molar-refractivity contribution is 0.292. The van der Waals surface area contributed by atoms with Gasteiger partial charge in [0.05, 0.1) is 23.5 Å². The third-order valence-electron chi connectivity index (χ3n) is 6.17. The van der Waals surface area contributed by atoms with Gasteiger partial charge in [0, 0.05) is 29.2 Å². The van der Waals surface area contributed by atoms with Gasteiger partial charge in [0.2, 0.25) is 0 Å². The summed E-state index contributed by atoms with van der Waals surface area (Å²) in [6.07, 6.45) is 2.81. The van der Waals surface area contributed by atoms with E-state index in [1.54, 1.807) is 18.2 Å². The molecule has 3 aromatic rings. The zero-order valence-electron chi connectivity index (χ0n) is 19.4. The lowest BCUT2D eigenvalue weighted by atomic mass is 9.96. The molecule has 4 rings (SSSR count). The van der Waals surface area contributed by atoms with E-state index < -0.39 is 0 Å². The number of hydrogen-bond donors (Lipinski definition) is 2. The number of halogens is 1. The molecule has 174 valence electrons. The summed E-state index contributed by atoms with van der Waals surface area (Å²) in [7, 11) is 4.17. The number of phenols is 1. The minimum absolute atomic E-state index is 0.0177. The molecule has 1 aliphatic heterocycles. The molecule has 0 saturated carbocycles. The van der Waals surface area contributed by atoms with Gasteiger partial charge in [-0.1, -0.05) is 17.7 Å². The number of aromatic nitrogens is 2. The first kappa shape index (κ1) is 23.5. The Morgan fingerprint density at radius 3 is 2.67 bits per heavy atom. The fourth-order valence-electron chi connectivity index (χ4n) is 4.68. The van der Waals surface area contributed by atoms with Crippen LogP contribution in [0.1, 0.15) is 41.1 Å². The van der Waals surface area contributed by atoms with Gasteiger partial charge in [0.15, 0.2) is 5.11 Å². The van der Waals surface area contributed by atoms with E-state index in [1.807, 2.05) is 31.3 Å². The van der Waals surface area contributed by atoms with Crippen LogP contribution in [0.5, 0.6) is 5.75 Å². The van der Waals surface area contributed by atoms with E-state index in [9.17, 15) is 5.11 Å². The first-order chi connectivity index (χ1) is 15.8. The number of nitrogens with zero attached hydrogens (tertiary/aromatic N) is 4. The van der Waals surface area contributed by atoms with Crippen LogP contribution in [0.2, 0.25) is 5.02 Å². The summed E-state index contributed by atoms with van der Waals surface area (Å²) in [6.45, 7) is 5.95. The van der Waals surface area contributed by atoms with Crippen molar-refractivity contribution in [3.05, 3.63) is 76.3 Å². The highest BCUT2D eigenvalue weighted by Gasteiger charge is 2.41. The Balaban J connectivity index is 1.80. The molecule has 2 aromatic heterocycles. The molecule has 33 heavy (non-hydrogen) atoms. The van der Waals surface area contributed by atoms with Crippen molar-refractivity contribution in [2.45, 2.75) is 32.4 Å². The van der Waals surface area contributed by atoms with Crippen LogP contribution >= 0.6 is 23.8 Å². The number of phenolic OH excluding ortho intramolecular Hbond substituents is 1. The summed E-state index contributed by atoms with van der Waals surface area (Å²) in [5, 5.41) is 15.4. The molecule has 0 amide bonds. The standard InChI is InChI=1S/C25H30ClN5OS/c1-16-14-19(17(2)31(16)21-15-18(26)9-10-22(21)32)24-23(20-8-5-6-11-27-20)28-25(33)30(24)13-7-12-29(3)4/h5-6,8-11,14-15,23-24,32H,7,12-13H2,1-4H3,(H,28,33)/t23-,24+/m0/s1. The maximum Gasteiger partial charge on any atom is 0.170 e. The SMILES string of the molecule is Cc1cc([C@@H]2[C@H](c3ccccn3)NC(=S)N2CCCN(C)C)c(C)n1-c1cc(Cl)ccc1O. The van der Waals surface area contributed by atoms with E-state index in [0.717, 1.165) is 47.3 Å². The van der Waals surface area contributed by atoms with Gasteiger partial charge in [-0.3, -0.25) is 4.98 Å². The number of nitrogens with one attached hydrogen (secondary N) is 1. The van der Waals surface area contributed by atoms with E-state index in [0.29, 0.717) is 10.7 Å². The second-order valence-corrected chi connectivity index (χ2v) is 9.59. The van der Waals surface area contributed by atoms with E-state index >= 15 is 0 Å². The monoisotopic (exact) mass is 483 g/mol. The van der Waals surface area contributed by atoms with Crippen LogP contribution in [0.25, 0.3) is 5.69 Å². The highest BCUT2D eigenvalue weighted by molar-refractivity contribution is 7.80. The van der Waals surface area contributed by atoms with E-state index in [-0.39, 0.29) is 17.8 Å². The van der Waals surface area contributed by atoms with Crippen LogP contribution < -0.4 is 5.32 Å². The van der Waals surface area contributed by atoms with Crippen molar-refractivity contribution in [2.75, 3.05) is 27.2 Å². The van der Waals surface area contributed by atoms with Gasteiger partial charge in [-0.25, -0.2) is 0 Å². The first-order valence-corrected chi connectivity index (χ1v) is 11.9. The van der Waals surface area contributed by atoms with Crippen molar-refractivity contribution < 1.29 is 5.11 Å². The van der Waals surface area contributed by atoms with Crippen molar-refractivity contribution in [1.29, 1.82) is 0 Å². The number of hydrogen-bond acceptors (Lipinski definition) is 4. The normalized spacial score (nSPS) is 18.2. The van der Waals surface area contributed by atoms with E-state index in [4.69, 9.17) is 23.8 Å². The highest BCUT2D eigenvalue weighted by atomic mass is 35.5. The largest absolute Gasteiger partial charge is 0.506 e. The third-order valence-corrected chi connectivity index (χ3v) is 6.76. The van der Waals surface area contributed by atoms with E-state index in [2.05, 4.69) is 51.8 Å². The fraction of sp³-hybridized carbons (Fsp3) is 0.360. The summed E-state index contributed by atoms with van der Waals surface area (Å²) in [6, 6.07) is 13.2. The van der Waals surface area contributed by atoms with Crippen molar-refractivity contribution in [1.82, 2.24) is 24.7 Å². The molecule has 1 aliphatic rings. The molecule has 8 heteroatoms. The van der Waals surface area contributed by atoms with Crippen LogP contribution in [-0.4, -0.2) is 56.8 Å². The molecule has 2 atom stereocenters. The number of benzene rings is 1. The average Bonchev–Trinajstić information content (AvgIpc) is 3.25. The maximum atomic E-state index is 10.6. The number of aromatic hydroxyl groups is 1. The van der Waals surface area contributed by atoms with Crippen LogP contribution in [-0.2, 0) is 0 Å². The fourth-order valence-corrected chi connectivity index (χ4v) is 5.17. The summed E-state index contributed by atoms with van der Waals surface area (Å²) < 4.78 is 2.06. The topological polar surface area (TPSA) is 56.6 Å². The molecule has 0 aliphatic carbocycles. The molecule has 6 nitrogen and oxygen atoms in total. The smallest absolute Gasteiger partial charge is 0.170 e.